The molecular formula is H4NO3PS. The van der Waals surface area contributed by atoms with Crippen molar-refractivity contribution in [2.24, 2.45) is 5.50 Å². The minimum absolute atomic E-state index is 0.547. The molecule has 6 heavy (non-hydrogen) atoms. The van der Waals surface area contributed by atoms with E-state index in [0.29, 0.717) is 11.7 Å². The summed E-state index contributed by atoms with van der Waals surface area (Å²) >= 11 is 0.547. The number of nitrogens with two attached hydrogens (primary N) is 1. The molecule has 0 saturated carbocycles. The van der Waals surface area contributed by atoms with Crippen molar-refractivity contribution in [2.45, 2.75) is 0 Å². The number of hydrogen-bond donors (Lipinski definition) is 3. The molecule has 6 heteroatoms. The molecule has 0 bridgehead atoms. The zero-order valence-electron chi connectivity index (χ0n) is 2.74. The third kappa shape index (κ3) is 1.04. The Kier molecular flexibility index (Phi) is 0.599. The van der Waals surface area contributed by atoms with Crippen LogP contribution < -0.4 is 5.50 Å². The summed E-state index contributed by atoms with van der Waals surface area (Å²) in [5, 5.41) is 0. The van der Waals surface area contributed by atoms with E-state index in [1.807, 2.05) is 0 Å². The van der Waals surface area contributed by atoms with Crippen LogP contribution in [0.25, 0.3) is 0 Å². The Bertz CT molecular complexity index is 74.5. The maximum absolute atomic E-state index is 8.30. The van der Waals surface area contributed by atoms with E-state index in [4.69, 9.17) is 15.3 Å². The molecule has 1 aliphatic heterocycles. The minimum atomic E-state index is -3.88. The SMILES string of the molecule is NP1(O)(O)OS1. The van der Waals surface area contributed by atoms with Gasteiger partial charge in [0.15, 0.2) is 0 Å². The summed E-state index contributed by atoms with van der Waals surface area (Å²) in [5.74, 6) is 0. The van der Waals surface area contributed by atoms with E-state index in [-0.39, 0.29) is 0 Å². The Morgan fingerprint density at radius 3 is 1.83 bits per heavy atom. The van der Waals surface area contributed by atoms with Crippen molar-refractivity contribution in [1.82, 2.24) is 0 Å². The van der Waals surface area contributed by atoms with E-state index in [1.54, 1.807) is 0 Å². The molecule has 1 aliphatic rings. The van der Waals surface area contributed by atoms with Crippen LogP contribution in [0.4, 0.5) is 0 Å². The van der Waals surface area contributed by atoms with Crippen LogP contribution in [0.2, 0.25) is 0 Å². The third-order valence-electron chi connectivity index (χ3n) is 0.294. The van der Waals surface area contributed by atoms with Crippen molar-refractivity contribution < 1.29 is 13.8 Å². The summed E-state index contributed by atoms with van der Waals surface area (Å²) in [6.45, 7) is -3.88. The van der Waals surface area contributed by atoms with Crippen molar-refractivity contribution in [1.29, 1.82) is 0 Å². The Balaban J connectivity index is 2.67. The molecule has 0 aromatic rings. The molecule has 0 aromatic heterocycles. The predicted octanol–water partition coefficient (Wildman–Crippen LogP) is -0.264. The second-order valence-electron chi connectivity index (χ2n) is 1.08. The van der Waals surface area contributed by atoms with Crippen molar-refractivity contribution >= 4 is 18.3 Å². The summed E-state index contributed by atoms with van der Waals surface area (Å²) in [7, 11) is 0. The van der Waals surface area contributed by atoms with Gasteiger partial charge < -0.3 is 0 Å². The summed E-state index contributed by atoms with van der Waals surface area (Å²) in [6.07, 6.45) is 0. The van der Waals surface area contributed by atoms with Gasteiger partial charge in [0.25, 0.3) is 0 Å². The molecule has 4 N–H and O–H groups in total. The Hall–Kier alpha value is 0.620. The van der Waals surface area contributed by atoms with Crippen molar-refractivity contribution in [3.63, 3.8) is 0 Å². The molecule has 0 aromatic carbocycles. The van der Waals surface area contributed by atoms with E-state index in [9.17, 15) is 0 Å². The summed E-state index contributed by atoms with van der Waals surface area (Å²) in [6, 6.07) is 0. The van der Waals surface area contributed by atoms with Gasteiger partial charge in [0.2, 0.25) is 0 Å². The first kappa shape index (κ1) is 4.77. The van der Waals surface area contributed by atoms with Crippen LogP contribution in [0, 0.1) is 0 Å². The van der Waals surface area contributed by atoms with Gasteiger partial charge in [0.1, 0.15) is 0 Å². The quantitative estimate of drug-likeness (QED) is 0.238. The van der Waals surface area contributed by atoms with Gasteiger partial charge in [0, 0.05) is 0 Å². The standard InChI is InChI=1S/H4NO3PS/c1-5(2,3)4-6-5/h2-3H,1H2. The first-order chi connectivity index (χ1) is 2.47. The summed E-state index contributed by atoms with van der Waals surface area (Å²) < 4.78 is 4.02. The van der Waals surface area contributed by atoms with Crippen molar-refractivity contribution in [3.8, 4) is 0 Å². The zero-order chi connectivity index (χ0) is 4.86. The van der Waals surface area contributed by atoms with E-state index in [0.717, 1.165) is 0 Å². The fourth-order valence-electron chi connectivity index (χ4n) is 0.0491. The molecule has 1 rings (SSSR count). The molecule has 38 valence electrons. The van der Waals surface area contributed by atoms with Gasteiger partial charge in [-0.2, -0.15) is 0 Å². The van der Waals surface area contributed by atoms with Gasteiger partial charge in [-0.3, -0.25) is 0 Å². The Morgan fingerprint density at radius 2 is 1.83 bits per heavy atom. The molecule has 0 unspecified atom stereocenters. The maximum atomic E-state index is 8.30. The van der Waals surface area contributed by atoms with Crippen molar-refractivity contribution in [2.75, 3.05) is 0 Å². The summed E-state index contributed by atoms with van der Waals surface area (Å²) in [5.41, 5.74) is 4.69. The van der Waals surface area contributed by atoms with Gasteiger partial charge in [-0.25, -0.2) is 0 Å². The second kappa shape index (κ2) is 0.753. The topological polar surface area (TPSA) is 79.0 Å². The van der Waals surface area contributed by atoms with E-state index in [2.05, 4.69) is 3.97 Å². The zero-order valence-corrected chi connectivity index (χ0v) is 4.45. The number of hydrogen-bond acceptors (Lipinski definition) is 5. The first-order valence-corrected chi connectivity index (χ1v) is 4.67. The predicted molar refractivity (Wildman–Crippen MR) is 24.2 cm³/mol. The van der Waals surface area contributed by atoms with Crippen LogP contribution in [0.15, 0.2) is 0 Å². The normalized spacial score (nSPS) is 42.8. The first-order valence-electron chi connectivity index (χ1n) is 1.19. The van der Waals surface area contributed by atoms with Crippen LogP contribution >= 0.6 is 18.3 Å². The molecule has 1 saturated heterocycles. The van der Waals surface area contributed by atoms with Gasteiger partial charge in [-0.15, -0.1) is 0 Å². The van der Waals surface area contributed by atoms with E-state index in [1.165, 1.54) is 0 Å². The van der Waals surface area contributed by atoms with E-state index < -0.39 is 6.64 Å². The number of rotatable bonds is 0. The average molecular weight is 129 g/mol. The van der Waals surface area contributed by atoms with Gasteiger partial charge in [-0.1, -0.05) is 0 Å². The molecule has 1 fully saturated rings. The second-order valence-corrected chi connectivity index (χ2v) is 6.20. The molecular weight excluding hydrogens is 125 g/mol. The molecule has 0 atom stereocenters. The monoisotopic (exact) mass is 129 g/mol. The van der Waals surface area contributed by atoms with Gasteiger partial charge >= 0.3 is 37.6 Å². The Morgan fingerprint density at radius 1 is 1.67 bits per heavy atom. The van der Waals surface area contributed by atoms with Crippen LogP contribution in [0.5, 0.6) is 0 Å². The third-order valence-corrected chi connectivity index (χ3v) is 2.65. The van der Waals surface area contributed by atoms with Gasteiger partial charge in [-0.05, 0) is 0 Å². The van der Waals surface area contributed by atoms with E-state index >= 15 is 0 Å². The molecule has 0 radical (unpaired) electrons. The molecule has 0 spiro atoms. The van der Waals surface area contributed by atoms with Crippen LogP contribution in [0.3, 0.4) is 0 Å². The van der Waals surface area contributed by atoms with Crippen molar-refractivity contribution in [3.05, 3.63) is 0 Å². The molecule has 1 heterocycles. The fourth-order valence-corrected chi connectivity index (χ4v) is 1.32. The molecule has 4 nitrogen and oxygen atoms in total. The average Bonchev–Trinajstić information content (AvgIpc) is 1.73. The van der Waals surface area contributed by atoms with Crippen LogP contribution in [-0.2, 0) is 3.97 Å². The Labute approximate surface area is 38.5 Å². The molecule has 0 aliphatic carbocycles. The van der Waals surface area contributed by atoms with Gasteiger partial charge in [0.05, 0.1) is 0 Å². The van der Waals surface area contributed by atoms with Crippen LogP contribution in [0.1, 0.15) is 0 Å². The van der Waals surface area contributed by atoms with Crippen LogP contribution in [-0.4, -0.2) is 9.79 Å². The summed E-state index contributed by atoms with van der Waals surface area (Å²) in [4.78, 5) is 16.6. The molecule has 0 amide bonds. The fraction of sp³-hybridized carbons (Fsp3) is 0.